The fraction of sp³-hybridized carbons (Fsp3) is 0.0588. The van der Waals surface area contributed by atoms with E-state index in [-0.39, 0.29) is 5.41 Å². The van der Waals surface area contributed by atoms with Crippen LogP contribution in [0, 0.1) is 0 Å². The Balaban J connectivity index is 1.13. The SMILES string of the molecule is CC1(C)c2ccc(-c3cc(-c4cccc5c4oc4ccccc45)cc(-c4cccc5c4oc4ccccc45)c3)cc2-c2c1ccc1c2oc2ccccc21. The lowest BCUT2D eigenvalue weighted by atomic mass is 9.82. The first-order valence-corrected chi connectivity index (χ1v) is 18.6. The van der Waals surface area contributed by atoms with Gasteiger partial charge in [-0.15, -0.1) is 0 Å². The minimum Gasteiger partial charge on any atom is -0.455 e. The molecule has 3 heteroatoms. The molecular weight excluding hydrogens is 661 g/mol. The molecule has 0 radical (unpaired) electrons. The van der Waals surface area contributed by atoms with Crippen molar-refractivity contribution in [1.29, 1.82) is 0 Å². The van der Waals surface area contributed by atoms with E-state index in [0.29, 0.717) is 0 Å². The number of fused-ring (bicyclic) bond motifs is 13. The molecule has 1 aliphatic rings. The number of furan rings is 3. The summed E-state index contributed by atoms with van der Waals surface area (Å²) in [6.07, 6.45) is 0. The second-order valence-electron chi connectivity index (χ2n) is 15.2. The van der Waals surface area contributed by atoms with Gasteiger partial charge in [0.25, 0.3) is 0 Å². The first-order valence-electron chi connectivity index (χ1n) is 18.6. The van der Waals surface area contributed by atoms with E-state index >= 15 is 0 Å². The Morgan fingerprint density at radius 2 is 0.796 bits per heavy atom. The van der Waals surface area contributed by atoms with Crippen molar-refractivity contribution in [3.8, 4) is 44.5 Å². The van der Waals surface area contributed by atoms with Crippen molar-refractivity contribution in [3.05, 3.63) is 169 Å². The molecule has 11 aromatic rings. The molecule has 0 bridgehead atoms. The molecule has 1 aliphatic carbocycles. The monoisotopic (exact) mass is 692 g/mol. The topological polar surface area (TPSA) is 39.4 Å². The lowest BCUT2D eigenvalue weighted by Crippen LogP contribution is -2.14. The normalized spacial score (nSPS) is 13.5. The highest BCUT2D eigenvalue weighted by atomic mass is 16.3. The zero-order chi connectivity index (χ0) is 35.7. The van der Waals surface area contributed by atoms with Gasteiger partial charge in [-0.05, 0) is 81.4 Å². The van der Waals surface area contributed by atoms with Crippen LogP contribution < -0.4 is 0 Å². The third-order valence-corrected chi connectivity index (χ3v) is 11.9. The van der Waals surface area contributed by atoms with E-state index in [2.05, 4.69) is 141 Å². The Hall–Kier alpha value is -6.84. The molecular formula is C51H32O3. The fourth-order valence-corrected chi connectivity index (χ4v) is 9.25. The summed E-state index contributed by atoms with van der Waals surface area (Å²) in [5.41, 5.74) is 16.8. The van der Waals surface area contributed by atoms with Gasteiger partial charge in [0.05, 0.1) is 0 Å². The van der Waals surface area contributed by atoms with Gasteiger partial charge in [0.2, 0.25) is 0 Å². The van der Waals surface area contributed by atoms with Crippen molar-refractivity contribution >= 4 is 65.8 Å². The maximum atomic E-state index is 6.66. The third-order valence-electron chi connectivity index (χ3n) is 11.9. The van der Waals surface area contributed by atoms with Crippen LogP contribution in [0.2, 0.25) is 0 Å². The molecule has 0 saturated carbocycles. The maximum absolute atomic E-state index is 6.66. The van der Waals surface area contributed by atoms with E-state index in [0.717, 1.165) is 99.2 Å². The molecule has 254 valence electrons. The lowest BCUT2D eigenvalue weighted by Gasteiger charge is -2.21. The molecule has 0 saturated heterocycles. The summed E-state index contributed by atoms with van der Waals surface area (Å²) in [6.45, 7) is 4.65. The summed E-state index contributed by atoms with van der Waals surface area (Å²) >= 11 is 0. The van der Waals surface area contributed by atoms with Crippen LogP contribution in [-0.2, 0) is 5.41 Å². The molecule has 54 heavy (non-hydrogen) atoms. The van der Waals surface area contributed by atoms with Crippen molar-refractivity contribution < 1.29 is 13.3 Å². The largest absolute Gasteiger partial charge is 0.455 e. The number of hydrogen-bond acceptors (Lipinski definition) is 3. The van der Waals surface area contributed by atoms with E-state index < -0.39 is 0 Å². The van der Waals surface area contributed by atoms with Crippen LogP contribution in [0.25, 0.3) is 110 Å². The Kier molecular flexibility index (Phi) is 5.84. The zero-order valence-corrected chi connectivity index (χ0v) is 29.7. The lowest BCUT2D eigenvalue weighted by molar-refractivity contribution is 0.653. The minimum atomic E-state index is -0.169. The summed E-state index contributed by atoms with van der Waals surface area (Å²) < 4.78 is 19.9. The summed E-state index contributed by atoms with van der Waals surface area (Å²) in [7, 11) is 0. The van der Waals surface area contributed by atoms with E-state index in [1.807, 2.05) is 30.3 Å². The van der Waals surface area contributed by atoms with Crippen LogP contribution in [0.5, 0.6) is 0 Å². The first kappa shape index (κ1) is 29.7. The number of para-hydroxylation sites is 5. The summed E-state index contributed by atoms with van der Waals surface area (Å²) in [6, 6.07) is 56.3. The Morgan fingerprint density at radius 1 is 0.333 bits per heavy atom. The number of rotatable bonds is 3. The molecule has 3 aromatic heterocycles. The van der Waals surface area contributed by atoms with Gasteiger partial charge >= 0.3 is 0 Å². The molecule has 0 amide bonds. The second-order valence-corrected chi connectivity index (χ2v) is 15.2. The van der Waals surface area contributed by atoms with Gasteiger partial charge in [0.1, 0.15) is 33.5 Å². The van der Waals surface area contributed by atoms with Crippen molar-refractivity contribution in [2.45, 2.75) is 19.3 Å². The smallest absolute Gasteiger partial charge is 0.143 e. The van der Waals surface area contributed by atoms with Gasteiger partial charge in [-0.2, -0.15) is 0 Å². The maximum Gasteiger partial charge on any atom is 0.143 e. The Labute approximate surface area is 310 Å². The molecule has 3 nitrogen and oxygen atoms in total. The van der Waals surface area contributed by atoms with Gasteiger partial charge in [-0.25, -0.2) is 0 Å². The summed E-state index contributed by atoms with van der Waals surface area (Å²) in [4.78, 5) is 0. The van der Waals surface area contributed by atoms with Gasteiger partial charge in [-0.3, -0.25) is 0 Å². The highest BCUT2D eigenvalue weighted by molar-refractivity contribution is 6.13. The van der Waals surface area contributed by atoms with Crippen molar-refractivity contribution in [1.82, 2.24) is 0 Å². The van der Waals surface area contributed by atoms with Crippen LogP contribution in [0.1, 0.15) is 25.0 Å². The highest BCUT2D eigenvalue weighted by Gasteiger charge is 2.38. The standard InChI is InChI=1S/C51H32O3/c1-51(2)42-23-21-29(28-41(42)47-43(51)24-22-40-37-13-5-8-20-46(37)54-50(40)47)30-25-31(33-14-9-16-38-35-11-3-6-18-44(35)52-48(33)38)27-32(26-30)34-15-10-17-39-36-12-4-7-19-45(36)53-49(34)39/h3-28H,1-2H3. The fourth-order valence-electron chi connectivity index (χ4n) is 9.25. The van der Waals surface area contributed by atoms with Gasteiger partial charge < -0.3 is 13.3 Å². The van der Waals surface area contributed by atoms with Crippen LogP contribution in [0.15, 0.2) is 171 Å². The predicted molar refractivity (Wildman–Crippen MR) is 222 cm³/mol. The van der Waals surface area contributed by atoms with Crippen molar-refractivity contribution in [2.75, 3.05) is 0 Å². The van der Waals surface area contributed by atoms with Crippen LogP contribution in [0.4, 0.5) is 0 Å². The molecule has 0 fully saturated rings. The average molecular weight is 693 g/mol. The molecule has 8 aromatic carbocycles. The van der Waals surface area contributed by atoms with E-state index in [9.17, 15) is 0 Å². The van der Waals surface area contributed by atoms with Crippen LogP contribution >= 0.6 is 0 Å². The third kappa shape index (κ3) is 4.01. The van der Waals surface area contributed by atoms with Crippen molar-refractivity contribution in [3.63, 3.8) is 0 Å². The van der Waals surface area contributed by atoms with E-state index in [1.165, 1.54) is 22.3 Å². The second kappa shape index (κ2) is 10.6. The van der Waals surface area contributed by atoms with Gasteiger partial charge in [0, 0.05) is 54.4 Å². The average Bonchev–Trinajstić information content (AvgIpc) is 3.95. The molecule has 0 aliphatic heterocycles. The highest BCUT2D eigenvalue weighted by Crippen LogP contribution is 2.53. The predicted octanol–water partition coefficient (Wildman–Crippen LogP) is 14.7. The molecule has 0 atom stereocenters. The Morgan fingerprint density at radius 3 is 1.37 bits per heavy atom. The van der Waals surface area contributed by atoms with Gasteiger partial charge in [-0.1, -0.05) is 129 Å². The first-order chi connectivity index (χ1) is 26.5. The van der Waals surface area contributed by atoms with E-state index in [4.69, 9.17) is 13.3 Å². The molecule has 3 heterocycles. The van der Waals surface area contributed by atoms with E-state index in [1.54, 1.807) is 0 Å². The number of benzene rings is 8. The Bertz CT molecular complexity index is 3230. The van der Waals surface area contributed by atoms with Crippen LogP contribution in [-0.4, -0.2) is 0 Å². The summed E-state index contributed by atoms with van der Waals surface area (Å²) in [5, 5.41) is 6.76. The minimum absolute atomic E-state index is 0.169. The molecule has 12 rings (SSSR count). The van der Waals surface area contributed by atoms with Gasteiger partial charge in [0.15, 0.2) is 0 Å². The quantitative estimate of drug-likeness (QED) is 0.185. The zero-order valence-electron chi connectivity index (χ0n) is 29.7. The molecule has 0 spiro atoms. The molecule has 0 unspecified atom stereocenters. The number of hydrogen-bond donors (Lipinski definition) is 0. The van der Waals surface area contributed by atoms with Crippen LogP contribution in [0.3, 0.4) is 0 Å². The summed E-state index contributed by atoms with van der Waals surface area (Å²) in [5.74, 6) is 0. The molecule has 0 N–H and O–H groups in total. The van der Waals surface area contributed by atoms with Crippen molar-refractivity contribution in [2.24, 2.45) is 0 Å².